The van der Waals surface area contributed by atoms with Gasteiger partial charge < -0.3 is 4.57 Å². The molecule has 33 heavy (non-hydrogen) atoms. The summed E-state index contributed by atoms with van der Waals surface area (Å²) in [7, 11) is 0. The molecule has 8 heteroatoms. The lowest BCUT2D eigenvalue weighted by atomic mass is 10.2. The normalized spacial score (nSPS) is 11.3. The van der Waals surface area contributed by atoms with E-state index in [2.05, 4.69) is 62.8 Å². The lowest BCUT2D eigenvalue weighted by Crippen LogP contribution is -1.98. The van der Waals surface area contributed by atoms with Crippen LogP contribution >= 0.6 is 11.3 Å². The Balaban J connectivity index is 1.45. The molecule has 7 nitrogen and oxygen atoms in total. The molecular formula is C25H19N7S. The van der Waals surface area contributed by atoms with E-state index in [1.807, 2.05) is 36.1 Å². The Morgan fingerprint density at radius 2 is 1.67 bits per heavy atom. The van der Waals surface area contributed by atoms with Crippen molar-refractivity contribution in [2.75, 3.05) is 0 Å². The standard InChI is InChI=1S/C25H19N7S/c1-16-17(2)33-25(29-16)22-14-32(21-12-26-15-27-13-21)24(30-22)19-5-7-20(8-6-19)31-11-9-18-4-3-10-28-23(18)31/h3-15H,1-2H3. The minimum absolute atomic E-state index is 0.812. The molecule has 0 aliphatic rings. The molecule has 6 aromatic rings. The number of pyridine rings is 1. The van der Waals surface area contributed by atoms with Crippen molar-refractivity contribution >= 4 is 22.4 Å². The molecule has 5 heterocycles. The second-order valence-corrected chi connectivity index (χ2v) is 8.93. The van der Waals surface area contributed by atoms with E-state index in [-0.39, 0.29) is 0 Å². The molecule has 0 N–H and O–H groups in total. The maximum absolute atomic E-state index is 4.96. The van der Waals surface area contributed by atoms with Crippen molar-refractivity contribution in [2.24, 2.45) is 0 Å². The second kappa shape index (κ2) is 7.75. The third kappa shape index (κ3) is 3.41. The van der Waals surface area contributed by atoms with E-state index >= 15 is 0 Å². The molecule has 0 radical (unpaired) electrons. The fraction of sp³-hybridized carbons (Fsp3) is 0.0800. The third-order valence-electron chi connectivity index (χ3n) is 5.63. The summed E-state index contributed by atoms with van der Waals surface area (Å²) in [5.41, 5.74) is 5.68. The lowest BCUT2D eigenvalue weighted by Gasteiger charge is -2.09. The Labute approximate surface area is 194 Å². The van der Waals surface area contributed by atoms with Crippen molar-refractivity contribution in [3.8, 4) is 33.5 Å². The molecule has 0 atom stereocenters. The predicted octanol–water partition coefficient (Wildman–Crippen LogP) is 5.41. The summed E-state index contributed by atoms with van der Waals surface area (Å²) in [6, 6.07) is 14.4. The Kier molecular flexibility index (Phi) is 4.58. The summed E-state index contributed by atoms with van der Waals surface area (Å²) in [4.78, 5) is 23.8. The summed E-state index contributed by atoms with van der Waals surface area (Å²) in [6.45, 7) is 4.11. The van der Waals surface area contributed by atoms with E-state index in [0.717, 1.165) is 50.2 Å². The van der Waals surface area contributed by atoms with Gasteiger partial charge in [0.15, 0.2) is 0 Å². The summed E-state index contributed by atoms with van der Waals surface area (Å²) in [5, 5.41) is 2.02. The Bertz CT molecular complexity index is 1560. The number of aryl methyl sites for hydroxylation is 2. The lowest BCUT2D eigenvalue weighted by molar-refractivity contribution is 1.01. The zero-order valence-corrected chi connectivity index (χ0v) is 18.9. The quantitative estimate of drug-likeness (QED) is 0.360. The number of fused-ring (bicyclic) bond motifs is 1. The van der Waals surface area contributed by atoms with Crippen molar-refractivity contribution in [1.82, 2.24) is 34.1 Å². The maximum Gasteiger partial charge on any atom is 0.145 e. The largest absolute Gasteiger partial charge is 0.301 e. The van der Waals surface area contributed by atoms with Crippen LogP contribution in [0.4, 0.5) is 0 Å². The molecule has 6 rings (SSSR count). The zero-order valence-electron chi connectivity index (χ0n) is 18.0. The Morgan fingerprint density at radius 3 is 2.42 bits per heavy atom. The van der Waals surface area contributed by atoms with Crippen LogP contribution in [0.2, 0.25) is 0 Å². The van der Waals surface area contributed by atoms with Gasteiger partial charge in [0, 0.05) is 40.1 Å². The molecule has 0 aliphatic carbocycles. The van der Waals surface area contributed by atoms with E-state index < -0.39 is 0 Å². The smallest absolute Gasteiger partial charge is 0.145 e. The van der Waals surface area contributed by atoms with Gasteiger partial charge in [0.1, 0.15) is 28.5 Å². The number of aromatic nitrogens is 7. The van der Waals surface area contributed by atoms with Gasteiger partial charge in [-0.05, 0) is 56.3 Å². The van der Waals surface area contributed by atoms with Gasteiger partial charge in [0.05, 0.1) is 23.8 Å². The Hall–Kier alpha value is -4.17. The van der Waals surface area contributed by atoms with Crippen LogP contribution in [-0.2, 0) is 0 Å². The molecule has 1 aromatic carbocycles. The average molecular weight is 450 g/mol. The van der Waals surface area contributed by atoms with Crippen LogP contribution in [0.5, 0.6) is 0 Å². The molecule has 160 valence electrons. The van der Waals surface area contributed by atoms with Gasteiger partial charge in [0.2, 0.25) is 0 Å². The first-order chi connectivity index (χ1) is 16.2. The van der Waals surface area contributed by atoms with Crippen LogP contribution in [0.1, 0.15) is 10.6 Å². The topological polar surface area (TPSA) is 74.3 Å². The van der Waals surface area contributed by atoms with Crippen LogP contribution in [0.3, 0.4) is 0 Å². The fourth-order valence-corrected chi connectivity index (χ4v) is 4.70. The number of hydrogen-bond donors (Lipinski definition) is 0. The molecular weight excluding hydrogens is 430 g/mol. The molecule has 0 fully saturated rings. The van der Waals surface area contributed by atoms with Gasteiger partial charge in [0.25, 0.3) is 0 Å². The summed E-state index contributed by atoms with van der Waals surface area (Å²) < 4.78 is 4.10. The molecule has 0 unspecified atom stereocenters. The van der Waals surface area contributed by atoms with Crippen molar-refractivity contribution < 1.29 is 0 Å². The monoisotopic (exact) mass is 449 g/mol. The molecule has 0 aliphatic heterocycles. The van der Waals surface area contributed by atoms with E-state index in [0.29, 0.717) is 0 Å². The van der Waals surface area contributed by atoms with Crippen LogP contribution in [0, 0.1) is 13.8 Å². The first-order valence-corrected chi connectivity index (χ1v) is 11.3. The molecule has 0 saturated carbocycles. The highest BCUT2D eigenvalue weighted by atomic mass is 32.1. The van der Waals surface area contributed by atoms with Crippen molar-refractivity contribution in [1.29, 1.82) is 0 Å². The second-order valence-electron chi connectivity index (χ2n) is 7.73. The van der Waals surface area contributed by atoms with Gasteiger partial charge >= 0.3 is 0 Å². The van der Waals surface area contributed by atoms with Gasteiger partial charge in [-0.1, -0.05) is 0 Å². The number of benzene rings is 1. The highest BCUT2D eigenvalue weighted by molar-refractivity contribution is 7.15. The van der Waals surface area contributed by atoms with E-state index in [1.165, 1.54) is 11.2 Å². The molecule has 5 aromatic heterocycles. The fourth-order valence-electron chi connectivity index (χ4n) is 3.83. The van der Waals surface area contributed by atoms with Gasteiger partial charge in [-0.25, -0.2) is 24.9 Å². The molecule has 0 bridgehead atoms. The van der Waals surface area contributed by atoms with Crippen LogP contribution in [-0.4, -0.2) is 34.1 Å². The average Bonchev–Trinajstić information content (AvgIpc) is 3.57. The third-order valence-corrected chi connectivity index (χ3v) is 6.73. The molecule has 0 amide bonds. The first-order valence-electron chi connectivity index (χ1n) is 10.5. The van der Waals surface area contributed by atoms with Gasteiger partial charge in [-0.2, -0.15) is 0 Å². The number of thiazole rings is 1. The van der Waals surface area contributed by atoms with E-state index in [1.54, 1.807) is 23.7 Å². The highest BCUT2D eigenvalue weighted by Gasteiger charge is 2.17. The SMILES string of the molecule is Cc1nc(-c2cn(-c3cncnc3)c(-c3ccc(-n4ccc5cccnc54)cc3)n2)sc1C. The summed E-state index contributed by atoms with van der Waals surface area (Å²) in [6.07, 6.45) is 11.0. The zero-order chi connectivity index (χ0) is 22.4. The predicted molar refractivity (Wildman–Crippen MR) is 130 cm³/mol. The van der Waals surface area contributed by atoms with Crippen molar-refractivity contribution in [3.05, 3.63) is 90.3 Å². The van der Waals surface area contributed by atoms with E-state index in [9.17, 15) is 0 Å². The number of nitrogens with zero attached hydrogens (tertiary/aromatic N) is 7. The van der Waals surface area contributed by atoms with Gasteiger partial charge in [-0.3, -0.25) is 4.57 Å². The maximum atomic E-state index is 4.96. The van der Waals surface area contributed by atoms with Crippen molar-refractivity contribution in [2.45, 2.75) is 13.8 Å². The van der Waals surface area contributed by atoms with Crippen LogP contribution in [0.25, 0.3) is 44.5 Å². The summed E-state index contributed by atoms with van der Waals surface area (Å²) >= 11 is 1.65. The van der Waals surface area contributed by atoms with E-state index in [4.69, 9.17) is 9.97 Å². The molecule has 0 saturated heterocycles. The Morgan fingerprint density at radius 1 is 0.848 bits per heavy atom. The minimum atomic E-state index is 0.812. The molecule has 0 spiro atoms. The van der Waals surface area contributed by atoms with Crippen molar-refractivity contribution in [3.63, 3.8) is 0 Å². The number of imidazole rings is 1. The first kappa shape index (κ1) is 19.5. The summed E-state index contributed by atoms with van der Waals surface area (Å²) in [5.74, 6) is 0.812. The van der Waals surface area contributed by atoms with Crippen LogP contribution < -0.4 is 0 Å². The number of rotatable bonds is 4. The highest BCUT2D eigenvalue weighted by Crippen LogP contribution is 2.31. The number of hydrogen-bond acceptors (Lipinski definition) is 6. The minimum Gasteiger partial charge on any atom is -0.301 e. The van der Waals surface area contributed by atoms with Crippen LogP contribution in [0.15, 0.2) is 79.8 Å². The van der Waals surface area contributed by atoms with Gasteiger partial charge in [-0.15, -0.1) is 11.3 Å².